The number of hydrogen-bond acceptors (Lipinski definition) is 3. The normalized spacial score (nSPS) is 10.3. The molecule has 2 aromatic carbocycles. The van der Waals surface area contributed by atoms with Crippen molar-refractivity contribution in [2.45, 2.75) is 13.0 Å². The summed E-state index contributed by atoms with van der Waals surface area (Å²) in [4.78, 5) is 12.7. The van der Waals surface area contributed by atoms with Gasteiger partial charge in [0, 0.05) is 24.3 Å². The van der Waals surface area contributed by atoms with Gasteiger partial charge in [0.15, 0.2) is 0 Å². The number of nitrogens with zero attached hydrogens (tertiary/aromatic N) is 1. The molecule has 0 aliphatic heterocycles. The lowest BCUT2D eigenvalue weighted by atomic mass is 10.1. The molecule has 0 unspecified atom stereocenters. The van der Waals surface area contributed by atoms with E-state index in [1.54, 1.807) is 37.4 Å². The minimum absolute atomic E-state index is 0.0134. The molecule has 1 N–H and O–H groups in total. The zero-order valence-electron chi connectivity index (χ0n) is 12.3. The van der Waals surface area contributed by atoms with Crippen molar-refractivity contribution in [3.63, 3.8) is 0 Å². The van der Waals surface area contributed by atoms with Gasteiger partial charge in [-0.3, -0.25) is 4.79 Å². The molecule has 0 fully saturated rings. The maximum absolute atomic E-state index is 13.8. The molecule has 0 saturated heterocycles. The molecule has 0 spiro atoms. The van der Waals surface area contributed by atoms with Crippen LogP contribution in [0, 0.1) is 5.82 Å². The van der Waals surface area contributed by atoms with E-state index in [4.69, 9.17) is 9.84 Å². The van der Waals surface area contributed by atoms with Crippen LogP contribution in [0.2, 0.25) is 0 Å². The fraction of sp³-hybridized carbons (Fsp3) is 0.235. The topological polar surface area (TPSA) is 49.8 Å². The van der Waals surface area contributed by atoms with Crippen LogP contribution in [-0.2, 0) is 11.3 Å². The predicted molar refractivity (Wildman–Crippen MR) is 82.7 cm³/mol. The van der Waals surface area contributed by atoms with Gasteiger partial charge in [0.25, 0.3) is 0 Å². The Morgan fingerprint density at radius 2 is 1.86 bits per heavy atom. The second kappa shape index (κ2) is 7.45. The Hall–Kier alpha value is -2.56. The molecule has 22 heavy (non-hydrogen) atoms. The molecule has 0 aliphatic rings. The molecule has 0 heterocycles. The smallest absolute Gasteiger partial charge is 0.305 e. The molecular weight excluding hydrogens is 285 g/mol. The van der Waals surface area contributed by atoms with Crippen molar-refractivity contribution < 1.29 is 19.0 Å². The number of carbonyl (C=O) groups is 1. The molecule has 5 heteroatoms. The fourth-order valence-electron chi connectivity index (χ4n) is 2.16. The first-order valence-corrected chi connectivity index (χ1v) is 6.94. The Morgan fingerprint density at radius 1 is 1.18 bits per heavy atom. The maximum atomic E-state index is 13.8. The number of ether oxygens (including phenoxy) is 1. The first-order chi connectivity index (χ1) is 10.6. The third-order valence-electron chi connectivity index (χ3n) is 3.35. The third kappa shape index (κ3) is 4.22. The summed E-state index contributed by atoms with van der Waals surface area (Å²) in [5, 5.41) is 8.89. The van der Waals surface area contributed by atoms with E-state index in [0.29, 0.717) is 24.4 Å². The van der Waals surface area contributed by atoms with Gasteiger partial charge in [0.05, 0.1) is 13.5 Å². The van der Waals surface area contributed by atoms with Crippen molar-refractivity contribution >= 4 is 11.7 Å². The molecule has 0 bridgehead atoms. The molecule has 0 saturated carbocycles. The summed E-state index contributed by atoms with van der Waals surface area (Å²) in [6.07, 6.45) is -0.0134. The van der Waals surface area contributed by atoms with Crippen molar-refractivity contribution in [2.75, 3.05) is 18.6 Å². The predicted octanol–water partition coefficient (Wildman–Crippen LogP) is 3.32. The summed E-state index contributed by atoms with van der Waals surface area (Å²) in [5.41, 5.74) is 1.36. The van der Waals surface area contributed by atoms with E-state index < -0.39 is 5.97 Å². The van der Waals surface area contributed by atoms with Crippen LogP contribution in [0.5, 0.6) is 5.75 Å². The number of methoxy groups -OCH3 is 1. The van der Waals surface area contributed by atoms with Crippen LogP contribution in [0.3, 0.4) is 0 Å². The molecule has 116 valence electrons. The van der Waals surface area contributed by atoms with Gasteiger partial charge in [0.2, 0.25) is 0 Å². The number of hydrogen-bond donors (Lipinski definition) is 1. The highest BCUT2D eigenvalue weighted by molar-refractivity contribution is 5.67. The minimum atomic E-state index is -0.882. The van der Waals surface area contributed by atoms with Crippen molar-refractivity contribution in [1.82, 2.24) is 0 Å². The molecule has 0 aliphatic carbocycles. The zero-order chi connectivity index (χ0) is 15.9. The second-order valence-corrected chi connectivity index (χ2v) is 4.85. The van der Waals surface area contributed by atoms with Gasteiger partial charge < -0.3 is 14.7 Å². The average molecular weight is 303 g/mol. The van der Waals surface area contributed by atoms with Gasteiger partial charge in [-0.15, -0.1) is 0 Å². The van der Waals surface area contributed by atoms with Gasteiger partial charge in [-0.05, 0) is 30.3 Å². The van der Waals surface area contributed by atoms with Gasteiger partial charge in [-0.1, -0.05) is 18.2 Å². The summed E-state index contributed by atoms with van der Waals surface area (Å²) >= 11 is 0. The summed E-state index contributed by atoms with van der Waals surface area (Å²) in [6, 6.07) is 13.8. The number of carboxylic acids is 1. The highest BCUT2D eigenvalue weighted by Crippen LogP contribution is 2.22. The largest absolute Gasteiger partial charge is 0.497 e. The van der Waals surface area contributed by atoms with E-state index in [0.717, 1.165) is 5.69 Å². The van der Waals surface area contributed by atoms with E-state index in [1.165, 1.54) is 6.07 Å². The van der Waals surface area contributed by atoms with Crippen LogP contribution >= 0.6 is 0 Å². The summed E-state index contributed by atoms with van der Waals surface area (Å²) < 4.78 is 18.9. The standard InChI is InChI=1S/C17H18FNO3/c1-22-15-8-6-14(7-9-15)19(11-10-17(20)21)12-13-4-2-3-5-16(13)18/h2-9H,10-12H2,1H3,(H,20,21). The number of aliphatic carboxylic acids is 1. The summed E-state index contributed by atoms with van der Waals surface area (Å²) in [6.45, 7) is 0.613. The zero-order valence-corrected chi connectivity index (χ0v) is 12.3. The minimum Gasteiger partial charge on any atom is -0.497 e. The van der Waals surface area contributed by atoms with Gasteiger partial charge >= 0.3 is 5.97 Å². The molecule has 0 atom stereocenters. The van der Waals surface area contributed by atoms with E-state index in [2.05, 4.69) is 0 Å². The average Bonchev–Trinajstić information content (AvgIpc) is 2.53. The van der Waals surface area contributed by atoms with Crippen molar-refractivity contribution in [1.29, 1.82) is 0 Å². The van der Waals surface area contributed by atoms with Crippen LogP contribution < -0.4 is 9.64 Å². The third-order valence-corrected chi connectivity index (χ3v) is 3.35. The quantitative estimate of drug-likeness (QED) is 0.852. The number of anilines is 1. The maximum Gasteiger partial charge on any atom is 0.305 e. The Balaban J connectivity index is 2.21. The molecule has 2 aromatic rings. The lowest BCUT2D eigenvalue weighted by Gasteiger charge is -2.24. The van der Waals surface area contributed by atoms with E-state index in [9.17, 15) is 9.18 Å². The van der Waals surface area contributed by atoms with E-state index in [1.807, 2.05) is 17.0 Å². The van der Waals surface area contributed by atoms with Gasteiger partial charge in [0.1, 0.15) is 11.6 Å². The summed E-state index contributed by atoms with van der Waals surface area (Å²) in [7, 11) is 1.58. The van der Waals surface area contributed by atoms with Crippen molar-refractivity contribution in [3.8, 4) is 5.75 Å². The van der Waals surface area contributed by atoms with E-state index in [-0.39, 0.29) is 12.2 Å². The summed E-state index contributed by atoms with van der Waals surface area (Å²) in [5.74, 6) is -0.462. The van der Waals surface area contributed by atoms with Crippen LogP contribution in [-0.4, -0.2) is 24.7 Å². The SMILES string of the molecule is COc1ccc(N(CCC(=O)O)Cc2ccccc2F)cc1. The van der Waals surface area contributed by atoms with E-state index >= 15 is 0 Å². The molecule has 0 aromatic heterocycles. The fourth-order valence-corrected chi connectivity index (χ4v) is 2.16. The monoisotopic (exact) mass is 303 g/mol. The van der Waals surface area contributed by atoms with Crippen molar-refractivity contribution in [2.24, 2.45) is 0 Å². The van der Waals surface area contributed by atoms with Crippen LogP contribution in [0.15, 0.2) is 48.5 Å². The number of carboxylic acid groups (broad SMARTS) is 1. The lowest BCUT2D eigenvalue weighted by Crippen LogP contribution is -2.26. The number of rotatable bonds is 7. The lowest BCUT2D eigenvalue weighted by molar-refractivity contribution is -0.136. The second-order valence-electron chi connectivity index (χ2n) is 4.85. The Labute approximate surface area is 128 Å². The molecule has 0 radical (unpaired) electrons. The van der Waals surface area contributed by atoms with Gasteiger partial charge in [-0.25, -0.2) is 4.39 Å². The van der Waals surface area contributed by atoms with Crippen LogP contribution in [0.1, 0.15) is 12.0 Å². The van der Waals surface area contributed by atoms with Gasteiger partial charge in [-0.2, -0.15) is 0 Å². The van der Waals surface area contributed by atoms with Crippen LogP contribution in [0.25, 0.3) is 0 Å². The number of halogens is 1. The molecule has 0 amide bonds. The van der Waals surface area contributed by atoms with Crippen molar-refractivity contribution in [3.05, 3.63) is 59.9 Å². The Bertz CT molecular complexity index is 628. The number of benzene rings is 2. The first kappa shape index (κ1) is 15.8. The highest BCUT2D eigenvalue weighted by Gasteiger charge is 2.12. The molecule has 2 rings (SSSR count). The Kier molecular flexibility index (Phi) is 5.36. The molecular formula is C17H18FNO3. The first-order valence-electron chi connectivity index (χ1n) is 6.94. The Morgan fingerprint density at radius 3 is 2.45 bits per heavy atom. The highest BCUT2D eigenvalue weighted by atomic mass is 19.1. The van der Waals surface area contributed by atoms with Crippen LogP contribution in [0.4, 0.5) is 10.1 Å². The molecule has 4 nitrogen and oxygen atoms in total.